The number of carboxylic acids is 1. The van der Waals surface area contributed by atoms with Gasteiger partial charge in [0.05, 0.1) is 25.5 Å². The smallest absolute Gasteiger partial charge is 0.313 e. The maximum atomic E-state index is 10.8. The SMILES string of the molecule is COCC(C)n1c(SCC(=O)O)nc2c(OC)ncnc21. The zero-order valence-corrected chi connectivity index (χ0v) is 12.8. The largest absolute Gasteiger partial charge is 0.481 e. The molecule has 0 aromatic carbocycles. The molecular formula is C12H16N4O4S. The van der Waals surface area contributed by atoms with Crippen LogP contribution in [0.1, 0.15) is 13.0 Å². The molecule has 2 aromatic rings. The highest BCUT2D eigenvalue weighted by atomic mass is 32.2. The Balaban J connectivity index is 2.53. The lowest BCUT2D eigenvalue weighted by atomic mass is 10.3. The molecule has 114 valence electrons. The van der Waals surface area contributed by atoms with Crippen molar-refractivity contribution in [2.24, 2.45) is 0 Å². The number of methoxy groups -OCH3 is 2. The van der Waals surface area contributed by atoms with Crippen molar-refractivity contribution >= 4 is 28.9 Å². The fourth-order valence-corrected chi connectivity index (χ4v) is 2.77. The topological polar surface area (TPSA) is 99.4 Å². The summed E-state index contributed by atoms with van der Waals surface area (Å²) < 4.78 is 12.2. The summed E-state index contributed by atoms with van der Waals surface area (Å²) in [5, 5.41) is 9.40. The molecule has 0 fully saturated rings. The molecule has 1 unspecified atom stereocenters. The van der Waals surface area contributed by atoms with Crippen molar-refractivity contribution < 1.29 is 19.4 Å². The Morgan fingerprint density at radius 2 is 2.24 bits per heavy atom. The van der Waals surface area contributed by atoms with E-state index in [4.69, 9.17) is 14.6 Å². The monoisotopic (exact) mass is 312 g/mol. The molecule has 0 aliphatic heterocycles. The quantitative estimate of drug-likeness (QED) is 0.762. The van der Waals surface area contributed by atoms with E-state index < -0.39 is 5.97 Å². The number of fused-ring (bicyclic) bond motifs is 1. The molecule has 0 radical (unpaired) electrons. The summed E-state index contributed by atoms with van der Waals surface area (Å²) >= 11 is 1.13. The van der Waals surface area contributed by atoms with Gasteiger partial charge in [-0.2, -0.15) is 4.98 Å². The van der Waals surface area contributed by atoms with Crippen LogP contribution >= 0.6 is 11.8 Å². The summed E-state index contributed by atoms with van der Waals surface area (Å²) in [6.07, 6.45) is 1.39. The summed E-state index contributed by atoms with van der Waals surface area (Å²) in [4.78, 5) is 23.4. The minimum absolute atomic E-state index is 0.0455. The van der Waals surface area contributed by atoms with Crippen molar-refractivity contribution in [3.05, 3.63) is 6.33 Å². The Morgan fingerprint density at radius 3 is 2.86 bits per heavy atom. The molecule has 2 rings (SSSR count). The van der Waals surface area contributed by atoms with Crippen molar-refractivity contribution in [2.75, 3.05) is 26.6 Å². The molecule has 0 spiro atoms. The second-order valence-corrected chi connectivity index (χ2v) is 5.25. The van der Waals surface area contributed by atoms with Gasteiger partial charge >= 0.3 is 5.97 Å². The third-order valence-corrected chi connectivity index (χ3v) is 3.72. The molecule has 8 nitrogen and oxygen atoms in total. The Kier molecular flexibility index (Phi) is 4.97. The standard InChI is InChI=1S/C12H16N4O4S/c1-7(4-19-2)16-10-9(11(20-3)14-6-13-10)15-12(16)21-5-8(17)18/h6-7H,4-5H2,1-3H3,(H,17,18). The van der Waals surface area contributed by atoms with Crippen LogP contribution in [0.25, 0.3) is 11.2 Å². The van der Waals surface area contributed by atoms with Crippen LogP contribution in [-0.2, 0) is 9.53 Å². The van der Waals surface area contributed by atoms with E-state index in [0.717, 1.165) is 11.8 Å². The number of aromatic nitrogens is 4. The molecule has 0 aliphatic carbocycles. The van der Waals surface area contributed by atoms with Crippen LogP contribution in [0.5, 0.6) is 5.88 Å². The minimum atomic E-state index is -0.906. The third kappa shape index (κ3) is 3.24. The van der Waals surface area contributed by atoms with Gasteiger partial charge in [-0.3, -0.25) is 9.36 Å². The summed E-state index contributed by atoms with van der Waals surface area (Å²) in [5.74, 6) is -0.629. The van der Waals surface area contributed by atoms with E-state index in [1.54, 1.807) is 7.11 Å². The maximum Gasteiger partial charge on any atom is 0.313 e. The van der Waals surface area contributed by atoms with Gasteiger partial charge in [0.1, 0.15) is 6.33 Å². The number of aliphatic carboxylic acids is 1. The van der Waals surface area contributed by atoms with E-state index in [-0.39, 0.29) is 11.8 Å². The highest BCUT2D eigenvalue weighted by Crippen LogP contribution is 2.30. The zero-order chi connectivity index (χ0) is 15.4. The highest BCUT2D eigenvalue weighted by molar-refractivity contribution is 7.99. The van der Waals surface area contributed by atoms with Gasteiger partial charge in [0.15, 0.2) is 16.3 Å². The predicted molar refractivity (Wildman–Crippen MR) is 76.8 cm³/mol. The van der Waals surface area contributed by atoms with Crippen molar-refractivity contribution in [1.29, 1.82) is 0 Å². The second-order valence-electron chi connectivity index (χ2n) is 4.31. The fraction of sp³-hybridized carbons (Fsp3) is 0.500. The van der Waals surface area contributed by atoms with Gasteiger partial charge < -0.3 is 14.6 Å². The molecular weight excluding hydrogens is 296 g/mol. The van der Waals surface area contributed by atoms with Crippen LogP contribution < -0.4 is 4.74 Å². The first kappa shape index (κ1) is 15.5. The maximum absolute atomic E-state index is 10.8. The molecule has 2 aromatic heterocycles. The van der Waals surface area contributed by atoms with E-state index in [0.29, 0.717) is 28.8 Å². The molecule has 1 N–H and O–H groups in total. The molecule has 1 atom stereocenters. The lowest BCUT2D eigenvalue weighted by Gasteiger charge is -2.15. The number of hydrogen-bond donors (Lipinski definition) is 1. The predicted octanol–water partition coefficient (Wildman–Crippen LogP) is 1.22. The zero-order valence-electron chi connectivity index (χ0n) is 11.9. The molecule has 2 heterocycles. The first-order valence-electron chi connectivity index (χ1n) is 6.19. The van der Waals surface area contributed by atoms with Gasteiger partial charge in [-0.25, -0.2) is 9.97 Å². The van der Waals surface area contributed by atoms with Crippen molar-refractivity contribution in [1.82, 2.24) is 19.5 Å². The van der Waals surface area contributed by atoms with E-state index in [1.807, 2.05) is 11.5 Å². The van der Waals surface area contributed by atoms with Gasteiger partial charge in [0.2, 0.25) is 5.88 Å². The Hall–Kier alpha value is -1.87. The Labute approximate surface area is 125 Å². The minimum Gasteiger partial charge on any atom is -0.481 e. The molecule has 21 heavy (non-hydrogen) atoms. The Morgan fingerprint density at radius 1 is 1.48 bits per heavy atom. The van der Waals surface area contributed by atoms with Gasteiger partial charge in [-0.15, -0.1) is 0 Å². The number of nitrogens with zero attached hydrogens (tertiary/aromatic N) is 4. The number of carbonyl (C=O) groups is 1. The summed E-state index contributed by atoms with van der Waals surface area (Å²) in [7, 11) is 3.11. The van der Waals surface area contributed by atoms with E-state index in [1.165, 1.54) is 13.4 Å². The summed E-state index contributed by atoms with van der Waals surface area (Å²) in [6.45, 7) is 2.41. The van der Waals surface area contributed by atoms with Crippen LogP contribution in [0.3, 0.4) is 0 Å². The number of hydrogen-bond acceptors (Lipinski definition) is 7. The first-order chi connectivity index (χ1) is 10.1. The number of carboxylic acid groups (broad SMARTS) is 1. The molecule has 0 aliphatic rings. The van der Waals surface area contributed by atoms with Crippen LogP contribution in [0.4, 0.5) is 0 Å². The number of ether oxygens (including phenoxy) is 2. The van der Waals surface area contributed by atoms with E-state index >= 15 is 0 Å². The summed E-state index contributed by atoms with van der Waals surface area (Å²) in [5.41, 5.74) is 1.11. The second kappa shape index (κ2) is 6.72. The molecule has 9 heteroatoms. The van der Waals surface area contributed by atoms with Crippen LogP contribution in [0.2, 0.25) is 0 Å². The lowest BCUT2D eigenvalue weighted by molar-refractivity contribution is -0.133. The number of thioether (sulfide) groups is 1. The van der Waals surface area contributed by atoms with Crippen LogP contribution in [0, 0.1) is 0 Å². The average molecular weight is 312 g/mol. The van der Waals surface area contributed by atoms with Gasteiger partial charge in [0.25, 0.3) is 0 Å². The Bertz CT molecular complexity index is 645. The molecule has 0 bridgehead atoms. The van der Waals surface area contributed by atoms with Crippen molar-refractivity contribution in [3.63, 3.8) is 0 Å². The first-order valence-corrected chi connectivity index (χ1v) is 7.17. The van der Waals surface area contributed by atoms with Crippen LogP contribution in [0.15, 0.2) is 11.5 Å². The van der Waals surface area contributed by atoms with Gasteiger partial charge in [-0.1, -0.05) is 11.8 Å². The molecule has 0 saturated carbocycles. The molecule has 0 amide bonds. The highest BCUT2D eigenvalue weighted by Gasteiger charge is 2.21. The lowest BCUT2D eigenvalue weighted by Crippen LogP contribution is -2.13. The number of imidazole rings is 1. The summed E-state index contributed by atoms with van der Waals surface area (Å²) in [6, 6.07) is -0.0455. The third-order valence-electron chi connectivity index (χ3n) is 2.78. The number of rotatable bonds is 7. The van der Waals surface area contributed by atoms with Crippen molar-refractivity contribution in [2.45, 2.75) is 18.1 Å². The van der Waals surface area contributed by atoms with E-state index in [2.05, 4.69) is 15.0 Å². The normalized spacial score (nSPS) is 12.5. The van der Waals surface area contributed by atoms with Crippen molar-refractivity contribution in [3.8, 4) is 5.88 Å². The molecule has 0 saturated heterocycles. The fourth-order valence-electron chi connectivity index (χ4n) is 1.96. The van der Waals surface area contributed by atoms with E-state index in [9.17, 15) is 4.79 Å². The van der Waals surface area contributed by atoms with Gasteiger partial charge in [-0.05, 0) is 6.92 Å². The average Bonchev–Trinajstić information content (AvgIpc) is 2.83. The van der Waals surface area contributed by atoms with Gasteiger partial charge in [0, 0.05) is 7.11 Å². The van der Waals surface area contributed by atoms with Crippen LogP contribution in [-0.4, -0.2) is 57.2 Å².